The Hall–Kier alpha value is 0.675. The van der Waals surface area contributed by atoms with Crippen LogP contribution in [0.5, 0.6) is 0 Å². The number of rotatable bonds is 0. The van der Waals surface area contributed by atoms with E-state index in [1.165, 1.54) is 0 Å². The van der Waals surface area contributed by atoms with Crippen LogP contribution >= 0.6 is 18.9 Å². The molecule has 0 bridgehead atoms. The molecule has 0 amide bonds. The molecule has 0 fully saturated rings. The van der Waals surface area contributed by atoms with E-state index in [2.05, 4.69) is 19.3 Å². The van der Waals surface area contributed by atoms with Crippen molar-refractivity contribution in [2.24, 2.45) is 0 Å². The molecule has 0 aliphatic rings. The van der Waals surface area contributed by atoms with Gasteiger partial charge in [0.15, 0.2) is 0 Å². The molecule has 0 aromatic rings. The molecular weight excluding hydrogens is 89.9 g/mol. The average Bonchev–Trinajstić information content (AvgIpc) is 0.811. The molecule has 0 saturated heterocycles. The summed E-state index contributed by atoms with van der Waals surface area (Å²) in [4.78, 5) is 7.76. The minimum atomic E-state index is -1.43. The molecule has 1 N–H and O–H groups in total. The van der Waals surface area contributed by atoms with Crippen LogP contribution in [0, 0.1) is 0 Å². The first-order valence-corrected chi connectivity index (χ1v) is 3.17. The van der Waals surface area contributed by atoms with Gasteiger partial charge in [0, 0.05) is 0 Å². The Morgan fingerprint density at radius 1 is 2.00 bits per heavy atom. The first kappa shape index (κ1) is 4.67. The van der Waals surface area contributed by atoms with Gasteiger partial charge in [-0.1, -0.05) is 0 Å². The summed E-state index contributed by atoms with van der Waals surface area (Å²) < 4.78 is 0. The zero-order chi connectivity index (χ0) is 3.58. The van der Waals surface area contributed by atoms with Crippen LogP contribution in [0.2, 0.25) is 0 Å². The second-order valence-electron chi connectivity index (χ2n) is 0.320. The summed E-state index contributed by atoms with van der Waals surface area (Å²) in [5.41, 5.74) is 0. The van der Waals surface area contributed by atoms with E-state index in [9.17, 15) is 0 Å². The second-order valence-corrected chi connectivity index (χ2v) is 2.19. The first-order chi connectivity index (χ1) is 1.73. The average molecular weight is 91.9 g/mol. The molecule has 4 heavy (non-hydrogen) atoms. The van der Waals surface area contributed by atoms with E-state index in [1.807, 2.05) is 0 Å². The fraction of sp³-hybridized carbons (Fsp3) is 0. The molecular formula is H2BOPS. The van der Waals surface area contributed by atoms with Gasteiger partial charge in [-0.15, -0.1) is 0 Å². The van der Waals surface area contributed by atoms with Crippen molar-refractivity contribution in [2.45, 2.75) is 0 Å². The third-order valence-corrected chi connectivity index (χ3v) is 0. The predicted octanol–water partition coefficient (Wildman–Crippen LogP) is 0.304. The Morgan fingerprint density at radius 2 is 2.00 bits per heavy atom. The molecule has 22 valence electrons. The summed E-state index contributed by atoms with van der Waals surface area (Å²) in [6, 6.07) is 0. The summed E-state index contributed by atoms with van der Waals surface area (Å²) in [7, 11) is 4.60. The standard InChI is InChI=1S/BH2OPS/c1-3(2)4/h2,4H. The molecule has 0 aromatic heterocycles. The summed E-state index contributed by atoms with van der Waals surface area (Å²) in [6.45, 7) is -1.43. The minimum absolute atomic E-state index is 1.43. The van der Waals surface area contributed by atoms with Crippen LogP contribution in [0.3, 0.4) is 0 Å². The zero-order valence-electron chi connectivity index (χ0n) is 1.92. The van der Waals surface area contributed by atoms with Gasteiger partial charge < -0.3 is 0 Å². The number of thiol groups is 1. The Balaban J connectivity index is 3.02. The van der Waals surface area contributed by atoms with Gasteiger partial charge in [0.05, 0.1) is 0 Å². The fourth-order valence-corrected chi connectivity index (χ4v) is 0. The van der Waals surface area contributed by atoms with Gasteiger partial charge >= 0.3 is 30.8 Å². The second kappa shape index (κ2) is 1.95. The third kappa shape index (κ3) is 16.5. The van der Waals surface area contributed by atoms with Crippen LogP contribution < -0.4 is 0 Å². The van der Waals surface area contributed by atoms with Gasteiger partial charge in [-0.05, 0) is 0 Å². The van der Waals surface area contributed by atoms with Crippen molar-refractivity contribution in [1.29, 1.82) is 0 Å². The van der Waals surface area contributed by atoms with Crippen molar-refractivity contribution >= 4 is 25.9 Å². The normalized spacial score (nSPS) is 11.5. The summed E-state index contributed by atoms with van der Waals surface area (Å²) >= 11 is 3.36. The maximum atomic E-state index is 7.76. The Bertz CT molecular complexity index is 54.2. The molecule has 0 aliphatic carbocycles. The fourth-order valence-electron chi connectivity index (χ4n) is 0. The van der Waals surface area contributed by atoms with Crippen molar-refractivity contribution in [1.82, 2.24) is 0 Å². The monoisotopic (exact) mass is 92.0 g/mol. The summed E-state index contributed by atoms with van der Waals surface area (Å²) in [5.74, 6) is 0. The van der Waals surface area contributed by atoms with Gasteiger partial charge in [-0.25, -0.2) is 0 Å². The molecule has 0 rings (SSSR count). The van der Waals surface area contributed by atoms with Gasteiger partial charge in [0.1, 0.15) is 0 Å². The van der Waals surface area contributed by atoms with Crippen molar-refractivity contribution in [3.05, 3.63) is 0 Å². The van der Waals surface area contributed by atoms with Crippen LogP contribution in [0.15, 0.2) is 0 Å². The van der Waals surface area contributed by atoms with E-state index in [4.69, 9.17) is 4.89 Å². The molecule has 0 aromatic carbocycles. The molecule has 1 atom stereocenters. The summed E-state index contributed by atoms with van der Waals surface area (Å²) in [6.07, 6.45) is 0. The van der Waals surface area contributed by atoms with E-state index >= 15 is 0 Å². The van der Waals surface area contributed by atoms with Crippen LogP contribution in [0.1, 0.15) is 0 Å². The molecule has 0 spiro atoms. The van der Waals surface area contributed by atoms with Crippen molar-refractivity contribution in [3.63, 3.8) is 0 Å². The molecule has 0 radical (unpaired) electrons. The maximum absolute atomic E-state index is 7.76. The Morgan fingerprint density at radius 3 is 2.00 bits per heavy atom. The molecule has 0 aliphatic heterocycles. The van der Waals surface area contributed by atoms with E-state index in [0.717, 1.165) is 0 Å². The summed E-state index contributed by atoms with van der Waals surface area (Å²) in [5, 5.41) is 0. The zero-order valence-corrected chi connectivity index (χ0v) is 3.71. The first-order valence-electron chi connectivity index (χ1n) is 0.658. The van der Waals surface area contributed by atoms with E-state index < -0.39 is 6.67 Å². The van der Waals surface area contributed by atoms with Gasteiger partial charge in [0.2, 0.25) is 0 Å². The molecule has 1 nitrogen and oxygen atoms in total. The van der Waals surface area contributed by atoms with Crippen molar-refractivity contribution in [3.8, 4) is 0 Å². The van der Waals surface area contributed by atoms with Crippen LogP contribution in [0.4, 0.5) is 0 Å². The predicted molar refractivity (Wildman–Crippen MR) is 23.9 cm³/mol. The van der Waals surface area contributed by atoms with Crippen LogP contribution in [-0.2, 0) is 0 Å². The topological polar surface area (TPSA) is 20.2 Å². The quantitative estimate of drug-likeness (QED) is 0.250. The van der Waals surface area contributed by atoms with Gasteiger partial charge in [0.25, 0.3) is 0 Å². The van der Waals surface area contributed by atoms with Crippen LogP contribution in [-0.4, -0.2) is 11.9 Å². The number of hydrogen-bond acceptors (Lipinski definition) is 2. The van der Waals surface area contributed by atoms with E-state index in [-0.39, 0.29) is 0 Å². The molecule has 4 heteroatoms. The van der Waals surface area contributed by atoms with E-state index in [1.54, 1.807) is 0 Å². The van der Waals surface area contributed by atoms with E-state index in [0.29, 0.717) is 0 Å². The van der Waals surface area contributed by atoms with Crippen molar-refractivity contribution < 1.29 is 4.89 Å². The Labute approximate surface area is 31.6 Å². The molecule has 0 heterocycles. The van der Waals surface area contributed by atoms with Crippen LogP contribution in [0.25, 0.3) is 0 Å². The van der Waals surface area contributed by atoms with Crippen molar-refractivity contribution in [2.75, 3.05) is 0 Å². The Kier molecular flexibility index (Phi) is 2.28. The third-order valence-electron chi connectivity index (χ3n) is 0. The van der Waals surface area contributed by atoms with Gasteiger partial charge in [-0.2, -0.15) is 0 Å². The molecule has 0 saturated carbocycles. The number of hydrogen-bond donors (Lipinski definition) is 2. The molecule has 1 unspecified atom stereocenters. The van der Waals surface area contributed by atoms with Gasteiger partial charge in [-0.3, -0.25) is 0 Å². The SMILES string of the molecule is B#P(O)S.